The molecule has 0 unspecified atom stereocenters. The maximum Gasteiger partial charge on any atom is 0.338 e. The van der Waals surface area contributed by atoms with Crippen molar-refractivity contribution in [3.63, 3.8) is 0 Å². The molecule has 30 heavy (non-hydrogen) atoms. The summed E-state index contributed by atoms with van der Waals surface area (Å²) in [6.45, 7) is 6.03. The van der Waals surface area contributed by atoms with Gasteiger partial charge >= 0.3 is 5.97 Å². The maximum absolute atomic E-state index is 12.0. The van der Waals surface area contributed by atoms with E-state index in [-0.39, 0.29) is 23.8 Å². The van der Waals surface area contributed by atoms with Crippen LogP contribution in [-0.4, -0.2) is 59.6 Å². The summed E-state index contributed by atoms with van der Waals surface area (Å²) in [6.07, 6.45) is 3.34. The van der Waals surface area contributed by atoms with Gasteiger partial charge in [-0.25, -0.2) is 4.79 Å². The Hall–Kier alpha value is -2.75. The third-order valence-electron chi connectivity index (χ3n) is 4.84. The van der Waals surface area contributed by atoms with Crippen LogP contribution in [0.3, 0.4) is 0 Å². The van der Waals surface area contributed by atoms with Gasteiger partial charge in [-0.3, -0.25) is 14.9 Å². The number of amides is 1. The van der Waals surface area contributed by atoms with E-state index in [9.17, 15) is 19.7 Å². The number of hydrogen-bond donors (Lipinski definition) is 1. The molecule has 0 saturated carbocycles. The highest BCUT2D eigenvalue weighted by atomic mass is 32.1. The number of rotatable bonds is 8. The van der Waals surface area contributed by atoms with Gasteiger partial charge in [-0.1, -0.05) is 19.8 Å². The van der Waals surface area contributed by atoms with Crippen molar-refractivity contribution in [1.82, 2.24) is 10.2 Å². The number of nitrogens with zero attached hydrogens (tertiary/aromatic N) is 3. The van der Waals surface area contributed by atoms with Gasteiger partial charge in [0.25, 0.3) is 5.69 Å². The molecule has 164 valence electrons. The molecule has 10 heteroatoms. The molecule has 2 rings (SSSR count). The third-order valence-corrected chi connectivity index (χ3v) is 5.20. The minimum absolute atomic E-state index is 0.0823. The standard InChI is InChI=1S/C20H28N4O5S/c1-3-5-6-7-18(25)21-20(30)23-12-10-22(11-13-23)16-9-8-15(19(26)29-4-2)14-17(16)24(27)28/h8-9,14H,3-7,10-13H2,1-2H3,(H,21,25,30). The van der Waals surface area contributed by atoms with Crippen molar-refractivity contribution in [2.45, 2.75) is 39.5 Å². The Morgan fingerprint density at radius 3 is 2.50 bits per heavy atom. The Morgan fingerprint density at radius 1 is 1.20 bits per heavy atom. The molecule has 0 spiro atoms. The number of carbonyl (C=O) groups is 2. The van der Waals surface area contributed by atoms with E-state index >= 15 is 0 Å². The Kier molecular flexibility index (Phi) is 8.97. The van der Waals surface area contributed by atoms with Crippen molar-refractivity contribution < 1.29 is 19.2 Å². The molecule has 1 fully saturated rings. The van der Waals surface area contributed by atoms with Gasteiger partial charge in [-0.05, 0) is 37.7 Å². The van der Waals surface area contributed by atoms with Crippen molar-refractivity contribution >= 4 is 40.6 Å². The van der Waals surface area contributed by atoms with Gasteiger partial charge in [0.1, 0.15) is 5.69 Å². The Balaban J connectivity index is 1.98. The molecule has 1 aromatic rings. The van der Waals surface area contributed by atoms with Gasteiger partial charge < -0.3 is 19.9 Å². The first kappa shape index (κ1) is 23.5. The second-order valence-corrected chi connectivity index (χ2v) is 7.35. The van der Waals surface area contributed by atoms with E-state index < -0.39 is 10.9 Å². The minimum Gasteiger partial charge on any atom is -0.462 e. The van der Waals surface area contributed by atoms with Crippen LogP contribution in [0.15, 0.2) is 18.2 Å². The van der Waals surface area contributed by atoms with Gasteiger partial charge in [0.05, 0.1) is 17.1 Å². The number of ether oxygens (including phenoxy) is 1. The Morgan fingerprint density at radius 2 is 1.90 bits per heavy atom. The molecule has 1 saturated heterocycles. The van der Waals surface area contributed by atoms with E-state index in [1.807, 2.05) is 9.80 Å². The number of nitro benzene ring substituents is 1. The van der Waals surface area contributed by atoms with E-state index in [2.05, 4.69) is 12.2 Å². The van der Waals surface area contributed by atoms with Crippen LogP contribution in [0.1, 0.15) is 49.9 Å². The molecule has 0 aliphatic carbocycles. The monoisotopic (exact) mass is 436 g/mol. The summed E-state index contributed by atoms with van der Waals surface area (Å²) in [5.74, 6) is -0.668. The second kappa shape index (κ2) is 11.4. The second-order valence-electron chi connectivity index (χ2n) is 6.97. The SMILES string of the molecule is CCCCCC(=O)NC(=S)N1CCN(c2ccc(C(=O)OCC)cc2[N+](=O)[O-])CC1. The Bertz CT molecular complexity index is 793. The largest absolute Gasteiger partial charge is 0.462 e. The molecule has 1 amide bonds. The lowest BCUT2D eigenvalue weighted by molar-refractivity contribution is -0.384. The van der Waals surface area contributed by atoms with Crippen LogP contribution in [0.5, 0.6) is 0 Å². The van der Waals surface area contributed by atoms with Crippen LogP contribution >= 0.6 is 12.2 Å². The van der Waals surface area contributed by atoms with E-state index in [0.29, 0.717) is 43.4 Å². The zero-order valence-corrected chi connectivity index (χ0v) is 18.2. The summed E-state index contributed by atoms with van der Waals surface area (Å²) in [5, 5.41) is 14.7. The summed E-state index contributed by atoms with van der Waals surface area (Å²) >= 11 is 5.34. The number of carbonyl (C=O) groups excluding carboxylic acids is 2. The molecule has 1 aliphatic rings. The molecule has 0 aromatic heterocycles. The fourth-order valence-electron chi connectivity index (χ4n) is 3.23. The van der Waals surface area contributed by atoms with Crippen molar-refractivity contribution in [1.29, 1.82) is 0 Å². The third kappa shape index (κ3) is 6.38. The quantitative estimate of drug-likeness (QED) is 0.218. The molecule has 0 radical (unpaired) electrons. The molecule has 1 aromatic carbocycles. The van der Waals surface area contributed by atoms with E-state index in [1.54, 1.807) is 13.0 Å². The van der Waals surface area contributed by atoms with E-state index in [0.717, 1.165) is 19.3 Å². The molecular formula is C20H28N4O5S. The first-order valence-electron chi connectivity index (χ1n) is 10.2. The number of piperazine rings is 1. The summed E-state index contributed by atoms with van der Waals surface area (Å²) in [5.41, 5.74) is 0.459. The maximum atomic E-state index is 12.0. The first-order chi connectivity index (χ1) is 14.4. The summed E-state index contributed by atoms with van der Waals surface area (Å²) in [7, 11) is 0. The summed E-state index contributed by atoms with van der Waals surface area (Å²) in [4.78, 5) is 38.7. The van der Waals surface area contributed by atoms with Gasteiger partial charge in [-0.15, -0.1) is 0 Å². The average molecular weight is 437 g/mol. The number of nitrogens with one attached hydrogen (secondary N) is 1. The van der Waals surface area contributed by atoms with E-state index in [1.165, 1.54) is 12.1 Å². The smallest absolute Gasteiger partial charge is 0.338 e. The van der Waals surface area contributed by atoms with Crippen LogP contribution < -0.4 is 10.2 Å². The number of unbranched alkanes of at least 4 members (excludes halogenated alkanes) is 2. The molecule has 0 atom stereocenters. The van der Waals surface area contributed by atoms with Crippen molar-refractivity contribution in [2.75, 3.05) is 37.7 Å². The number of hydrogen-bond acceptors (Lipinski definition) is 7. The first-order valence-corrected chi connectivity index (χ1v) is 10.6. The van der Waals surface area contributed by atoms with Crippen LogP contribution in [0.25, 0.3) is 0 Å². The lowest BCUT2D eigenvalue weighted by atomic mass is 10.1. The lowest BCUT2D eigenvalue weighted by Crippen LogP contribution is -2.52. The van der Waals surface area contributed by atoms with Crippen LogP contribution in [0.2, 0.25) is 0 Å². The average Bonchev–Trinajstić information content (AvgIpc) is 2.73. The number of anilines is 1. The number of nitro groups is 1. The molecule has 1 N–H and O–H groups in total. The van der Waals surface area contributed by atoms with Gasteiger partial charge in [0.2, 0.25) is 5.91 Å². The number of thiocarbonyl (C=S) groups is 1. The van der Waals surface area contributed by atoms with Crippen molar-refractivity contribution in [3.05, 3.63) is 33.9 Å². The van der Waals surface area contributed by atoms with Crippen molar-refractivity contribution in [3.8, 4) is 0 Å². The van der Waals surface area contributed by atoms with Gasteiger partial charge in [-0.2, -0.15) is 0 Å². The molecule has 1 aliphatic heterocycles. The van der Waals surface area contributed by atoms with Gasteiger partial charge in [0, 0.05) is 38.7 Å². The molecule has 9 nitrogen and oxygen atoms in total. The minimum atomic E-state index is -0.586. The van der Waals surface area contributed by atoms with Gasteiger partial charge in [0.15, 0.2) is 5.11 Å². The zero-order valence-electron chi connectivity index (χ0n) is 17.4. The highest BCUT2D eigenvalue weighted by molar-refractivity contribution is 7.80. The van der Waals surface area contributed by atoms with Crippen molar-refractivity contribution in [2.24, 2.45) is 0 Å². The van der Waals surface area contributed by atoms with Crippen LogP contribution in [0.4, 0.5) is 11.4 Å². The molecule has 1 heterocycles. The highest BCUT2D eigenvalue weighted by Gasteiger charge is 2.26. The lowest BCUT2D eigenvalue weighted by Gasteiger charge is -2.37. The fraction of sp³-hybridized carbons (Fsp3) is 0.550. The predicted molar refractivity (Wildman–Crippen MR) is 118 cm³/mol. The fourth-order valence-corrected chi connectivity index (χ4v) is 3.52. The summed E-state index contributed by atoms with van der Waals surface area (Å²) < 4.78 is 4.92. The topological polar surface area (TPSA) is 105 Å². The van der Waals surface area contributed by atoms with Crippen LogP contribution in [0, 0.1) is 10.1 Å². The normalized spacial score (nSPS) is 13.7. The molecular weight excluding hydrogens is 408 g/mol. The summed E-state index contributed by atoms with van der Waals surface area (Å²) in [6, 6.07) is 4.36. The van der Waals surface area contributed by atoms with Crippen LogP contribution in [-0.2, 0) is 9.53 Å². The number of esters is 1. The highest BCUT2D eigenvalue weighted by Crippen LogP contribution is 2.30. The Labute approximate surface area is 181 Å². The number of benzene rings is 1. The molecule has 0 bridgehead atoms. The zero-order chi connectivity index (χ0) is 22.1. The predicted octanol–water partition coefficient (Wildman–Crippen LogP) is 2.87. The van der Waals surface area contributed by atoms with E-state index in [4.69, 9.17) is 17.0 Å².